The zero-order chi connectivity index (χ0) is 20.3. The molecule has 6 heteroatoms. The van der Waals surface area contributed by atoms with Gasteiger partial charge < -0.3 is 9.84 Å². The molecule has 0 saturated heterocycles. The van der Waals surface area contributed by atoms with Gasteiger partial charge in [-0.2, -0.15) is 5.26 Å². The van der Waals surface area contributed by atoms with Gasteiger partial charge in [-0.15, -0.1) is 0 Å². The minimum Gasteiger partial charge on any atom is -0.361 e. The van der Waals surface area contributed by atoms with E-state index in [1.807, 2.05) is 45.9 Å². The Bertz CT molecular complexity index is 944. The number of carbonyl (C=O) groups excluding carboxylic acids is 1. The Hall–Kier alpha value is -2.94. The van der Waals surface area contributed by atoms with Crippen LogP contribution in [0.1, 0.15) is 68.5 Å². The van der Waals surface area contributed by atoms with Gasteiger partial charge in [-0.3, -0.25) is 4.79 Å². The Labute approximate surface area is 165 Å². The van der Waals surface area contributed by atoms with Crippen molar-refractivity contribution in [2.24, 2.45) is 10.4 Å². The first-order valence-electron chi connectivity index (χ1n) is 9.57. The molecule has 1 aliphatic heterocycles. The van der Waals surface area contributed by atoms with E-state index in [9.17, 15) is 10.1 Å². The van der Waals surface area contributed by atoms with Crippen LogP contribution >= 0.6 is 0 Å². The lowest BCUT2D eigenvalue weighted by Crippen LogP contribution is -2.34. The zero-order valence-corrected chi connectivity index (χ0v) is 16.9. The van der Waals surface area contributed by atoms with Gasteiger partial charge in [-0.05, 0) is 48.9 Å². The number of amidine groups is 1. The van der Waals surface area contributed by atoms with Crippen molar-refractivity contribution in [1.82, 2.24) is 10.5 Å². The van der Waals surface area contributed by atoms with Crippen LogP contribution in [0.3, 0.4) is 0 Å². The molecule has 0 spiro atoms. The van der Waals surface area contributed by atoms with Crippen LogP contribution in [-0.4, -0.2) is 16.9 Å². The maximum atomic E-state index is 12.5. The molecule has 0 bridgehead atoms. The minimum absolute atomic E-state index is 0.0467. The molecule has 0 saturated carbocycles. The number of carbonyl (C=O) groups is 1. The van der Waals surface area contributed by atoms with Gasteiger partial charge in [0.2, 0.25) is 5.91 Å². The number of rotatable bonds is 2. The van der Waals surface area contributed by atoms with Gasteiger partial charge in [0.1, 0.15) is 11.6 Å². The number of amides is 1. The van der Waals surface area contributed by atoms with Crippen LogP contribution in [0.2, 0.25) is 0 Å². The van der Waals surface area contributed by atoms with Gasteiger partial charge in [-0.1, -0.05) is 25.9 Å². The summed E-state index contributed by atoms with van der Waals surface area (Å²) in [5, 5.41) is 16.2. The third-order valence-corrected chi connectivity index (χ3v) is 4.69. The van der Waals surface area contributed by atoms with Crippen molar-refractivity contribution in [1.29, 1.82) is 5.26 Å². The lowest BCUT2D eigenvalue weighted by molar-refractivity contribution is -0.121. The lowest BCUT2D eigenvalue weighted by Gasteiger charge is -2.22. The van der Waals surface area contributed by atoms with Crippen LogP contribution in [-0.2, 0) is 11.2 Å². The lowest BCUT2D eigenvalue weighted by atomic mass is 9.90. The standard InChI is InChI=1S/C22H26N4O2/c1-14-9-19(28-26-14)17-7-6-16-10-15(13-23)5-8-18(16)24-20(11-17)25-21(27)12-22(2,3)4/h5,8-10,17H,6-7,11-12H2,1-4H3,(H,24,25,27). The van der Waals surface area contributed by atoms with Crippen molar-refractivity contribution in [3.05, 3.63) is 46.8 Å². The van der Waals surface area contributed by atoms with Crippen LogP contribution in [0.25, 0.3) is 0 Å². The number of fused-ring (bicyclic) bond motifs is 1. The number of aromatic nitrogens is 1. The Morgan fingerprint density at radius 1 is 1.36 bits per heavy atom. The van der Waals surface area contributed by atoms with E-state index in [4.69, 9.17) is 9.52 Å². The zero-order valence-electron chi connectivity index (χ0n) is 16.9. The maximum absolute atomic E-state index is 12.5. The van der Waals surface area contributed by atoms with Crippen molar-refractivity contribution >= 4 is 17.4 Å². The molecule has 2 aromatic rings. The topological polar surface area (TPSA) is 91.3 Å². The Morgan fingerprint density at radius 3 is 2.79 bits per heavy atom. The van der Waals surface area contributed by atoms with Gasteiger partial charge in [0, 0.05) is 24.8 Å². The first-order chi connectivity index (χ1) is 13.2. The Kier molecular flexibility index (Phi) is 5.64. The predicted octanol–water partition coefficient (Wildman–Crippen LogP) is 4.56. The molecule has 2 heterocycles. The van der Waals surface area contributed by atoms with E-state index in [2.05, 4.69) is 16.5 Å². The number of hydrogen-bond acceptors (Lipinski definition) is 5. The summed E-state index contributed by atoms with van der Waals surface area (Å²) in [5.74, 6) is 1.44. The smallest absolute Gasteiger partial charge is 0.225 e. The number of nitrogens with one attached hydrogen (secondary N) is 1. The normalized spacial score (nSPS) is 18.8. The Morgan fingerprint density at radius 2 is 2.14 bits per heavy atom. The third kappa shape index (κ3) is 5.07. The summed E-state index contributed by atoms with van der Waals surface area (Å²) in [6, 6.07) is 9.61. The molecule has 1 amide bonds. The van der Waals surface area contributed by atoms with Crippen LogP contribution in [0.5, 0.6) is 0 Å². The first-order valence-corrected chi connectivity index (χ1v) is 9.57. The number of benzene rings is 1. The Balaban J connectivity index is 1.93. The van der Waals surface area contributed by atoms with Gasteiger partial charge >= 0.3 is 0 Å². The largest absolute Gasteiger partial charge is 0.361 e. The molecule has 1 atom stereocenters. The summed E-state index contributed by atoms with van der Waals surface area (Å²) in [6.07, 6.45) is 2.59. The van der Waals surface area contributed by atoms with Gasteiger partial charge in [0.25, 0.3) is 0 Å². The van der Waals surface area contributed by atoms with E-state index in [1.165, 1.54) is 0 Å². The minimum atomic E-state index is -0.104. The summed E-state index contributed by atoms with van der Waals surface area (Å²) in [5.41, 5.74) is 3.15. The molecule has 1 aliphatic rings. The monoisotopic (exact) mass is 378 g/mol. The highest BCUT2D eigenvalue weighted by atomic mass is 16.5. The summed E-state index contributed by atoms with van der Waals surface area (Å²) in [6.45, 7) is 7.99. The second kappa shape index (κ2) is 7.97. The molecule has 1 unspecified atom stereocenters. The van der Waals surface area contributed by atoms with Gasteiger partial charge in [0.15, 0.2) is 0 Å². The molecule has 0 fully saturated rings. The van der Waals surface area contributed by atoms with Gasteiger partial charge in [-0.25, -0.2) is 4.99 Å². The molecule has 146 valence electrons. The summed E-state index contributed by atoms with van der Waals surface area (Å²) in [7, 11) is 0. The number of aryl methyl sites for hydroxylation is 2. The van der Waals surface area contributed by atoms with E-state index in [-0.39, 0.29) is 17.2 Å². The summed E-state index contributed by atoms with van der Waals surface area (Å²) < 4.78 is 5.50. The number of aliphatic imine (C=N–C) groups is 1. The van der Waals surface area contributed by atoms with Crippen molar-refractivity contribution < 1.29 is 9.32 Å². The van der Waals surface area contributed by atoms with Crippen LogP contribution in [0.15, 0.2) is 33.8 Å². The molecule has 1 aromatic carbocycles. The number of nitriles is 1. The maximum Gasteiger partial charge on any atom is 0.225 e. The van der Waals surface area contributed by atoms with E-state index in [0.717, 1.165) is 35.5 Å². The van der Waals surface area contributed by atoms with Crippen molar-refractivity contribution in [2.75, 3.05) is 0 Å². The SMILES string of the molecule is Cc1cc(C2CCc3cc(C#N)ccc3/N=C(/NC(=O)CC(C)(C)C)C2)on1. The average Bonchev–Trinajstić information content (AvgIpc) is 3.01. The highest BCUT2D eigenvalue weighted by Crippen LogP contribution is 2.32. The molecule has 28 heavy (non-hydrogen) atoms. The predicted molar refractivity (Wildman–Crippen MR) is 107 cm³/mol. The van der Waals surface area contributed by atoms with E-state index >= 15 is 0 Å². The van der Waals surface area contributed by atoms with Crippen molar-refractivity contribution in [3.63, 3.8) is 0 Å². The second-order valence-corrected chi connectivity index (χ2v) is 8.61. The van der Waals surface area contributed by atoms with Crippen molar-refractivity contribution in [3.8, 4) is 6.07 Å². The highest BCUT2D eigenvalue weighted by Gasteiger charge is 2.24. The highest BCUT2D eigenvalue weighted by molar-refractivity contribution is 6.00. The molecule has 0 radical (unpaired) electrons. The van der Waals surface area contributed by atoms with Crippen molar-refractivity contribution in [2.45, 2.75) is 59.3 Å². The second-order valence-electron chi connectivity index (χ2n) is 8.61. The van der Waals surface area contributed by atoms with E-state index in [1.54, 1.807) is 6.07 Å². The van der Waals surface area contributed by atoms with Crippen LogP contribution < -0.4 is 5.32 Å². The fourth-order valence-corrected chi connectivity index (χ4v) is 3.40. The fraction of sp³-hybridized carbons (Fsp3) is 0.455. The van der Waals surface area contributed by atoms with E-state index in [0.29, 0.717) is 24.2 Å². The fourth-order valence-electron chi connectivity index (χ4n) is 3.40. The molecule has 1 N–H and O–H groups in total. The third-order valence-electron chi connectivity index (χ3n) is 4.69. The van der Waals surface area contributed by atoms with E-state index < -0.39 is 0 Å². The molecular weight excluding hydrogens is 352 g/mol. The molecular formula is C22H26N4O2. The summed E-state index contributed by atoms with van der Waals surface area (Å²) in [4.78, 5) is 17.3. The quantitative estimate of drug-likeness (QED) is 0.829. The van der Waals surface area contributed by atoms with Gasteiger partial charge in [0.05, 0.1) is 23.0 Å². The molecule has 6 nitrogen and oxygen atoms in total. The number of hydrogen-bond donors (Lipinski definition) is 1. The summed E-state index contributed by atoms with van der Waals surface area (Å²) >= 11 is 0. The first kappa shape index (κ1) is 19.8. The van der Waals surface area contributed by atoms with Crippen LogP contribution in [0.4, 0.5) is 5.69 Å². The molecule has 0 aliphatic carbocycles. The number of nitrogens with zero attached hydrogens (tertiary/aromatic N) is 3. The molecule has 1 aromatic heterocycles. The molecule has 3 rings (SSSR count). The average molecular weight is 378 g/mol. The van der Waals surface area contributed by atoms with Crippen LogP contribution in [0, 0.1) is 23.7 Å².